The Bertz CT molecular complexity index is 2850. The van der Waals surface area contributed by atoms with Crippen LogP contribution in [0.2, 0.25) is 0 Å². The van der Waals surface area contributed by atoms with Crippen molar-refractivity contribution >= 4 is 52.2 Å². The van der Waals surface area contributed by atoms with Gasteiger partial charge in [0.25, 0.3) is 0 Å². The number of aromatic nitrogens is 3. The third-order valence-electron chi connectivity index (χ3n) is 15.9. The van der Waals surface area contributed by atoms with Gasteiger partial charge < -0.3 is 46.2 Å². The maximum Gasteiger partial charge on any atom is 0.246 e. The molecule has 410 valence electrons. The number of anilines is 3. The monoisotopic (exact) mass is 1070 g/mol. The molecular weight excluding hydrogens is 991 g/mol. The smallest absolute Gasteiger partial charge is 0.246 e. The van der Waals surface area contributed by atoms with E-state index < -0.39 is 23.6 Å². The average molecular weight is 1070 g/mol. The molecule has 5 aromatic rings. The Hall–Kier alpha value is -6.63. The van der Waals surface area contributed by atoms with Crippen LogP contribution in [0.15, 0.2) is 84.4 Å². The average Bonchev–Trinajstić information content (AvgIpc) is 3.92. The number of β-amino-alcohol motifs (C(OH)–C–C–N with tert-alkyl or cyclic N) is 1. The van der Waals surface area contributed by atoms with Gasteiger partial charge in [-0.05, 0) is 91.0 Å². The number of nitrogens with two attached hydrogens (primary N) is 1. The molecule has 0 aliphatic carbocycles. The molecule has 2 unspecified atom stereocenters. The summed E-state index contributed by atoms with van der Waals surface area (Å²) in [5, 5.41) is 35.7. The Balaban J connectivity index is 0.666. The summed E-state index contributed by atoms with van der Waals surface area (Å²) >= 11 is 1.58. The highest BCUT2D eigenvalue weighted by Crippen LogP contribution is 2.38. The zero-order valence-electron chi connectivity index (χ0n) is 45.2. The second kappa shape index (κ2) is 24.8. The summed E-state index contributed by atoms with van der Waals surface area (Å²) in [5.41, 5.74) is 15.2. The number of aliphatic hydroxyl groups excluding tert-OH is 1. The molecule has 2 aromatic heterocycles. The zero-order valence-corrected chi connectivity index (χ0v) is 46.0. The van der Waals surface area contributed by atoms with E-state index in [1.807, 2.05) is 80.6 Å². The molecule has 0 saturated carbocycles. The molecule has 5 aliphatic heterocycles. The van der Waals surface area contributed by atoms with Crippen LogP contribution in [0, 0.1) is 18.3 Å². The molecule has 7 heterocycles. The van der Waals surface area contributed by atoms with Gasteiger partial charge in [-0.1, -0.05) is 88.6 Å². The lowest BCUT2D eigenvalue weighted by molar-refractivity contribution is -0.144. The molecule has 5 saturated heterocycles. The zero-order chi connectivity index (χ0) is 54.2. The first-order valence-corrected chi connectivity index (χ1v) is 28.5. The number of thiazole rings is 1. The number of nitrogens with zero attached hydrogens (tertiary/aromatic N) is 8. The Labute approximate surface area is 457 Å². The van der Waals surface area contributed by atoms with Gasteiger partial charge in [-0.2, -0.15) is 0 Å². The second-order valence-electron chi connectivity index (χ2n) is 22.7. The van der Waals surface area contributed by atoms with Crippen LogP contribution in [0.4, 0.5) is 17.2 Å². The number of fused-ring (bicyclic) bond motifs is 4. The van der Waals surface area contributed by atoms with Crippen molar-refractivity contribution in [2.24, 2.45) is 11.3 Å². The molecular formula is C59H77N11O6S. The third kappa shape index (κ3) is 13.7. The number of unbranched alkanes of at least 4 members (excludes halogenated alkanes) is 4. The number of aliphatic hydroxyl groups is 1. The van der Waals surface area contributed by atoms with Crippen LogP contribution in [0.25, 0.3) is 21.7 Å². The summed E-state index contributed by atoms with van der Waals surface area (Å²) in [6, 6.07) is 24.6. The number of para-hydroxylation sites is 1. The van der Waals surface area contributed by atoms with Gasteiger partial charge in [-0.3, -0.25) is 24.1 Å². The number of hydrogen-bond donors (Lipinski definition) is 5. The Morgan fingerprint density at radius 3 is 2.32 bits per heavy atom. The van der Waals surface area contributed by atoms with Crippen molar-refractivity contribution < 1.29 is 29.4 Å². The highest BCUT2D eigenvalue weighted by molar-refractivity contribution is 7.13. The first-order valence-electron chi connectivity index (χ1n) is 27.6. The number of rotatable bonds is 19. The molecule has 17 nitrogen and oxygen atoms in total. The van der Waals surface area contributed by atoms with Crippen molar-refractivity contribution in [3.05, 3.63) is 101 Å². The summed E-state index contributed by atoms with van der Waals surface area (Å²) < 4.78 is 0. The van der Waals surface area contributed by atoms with Crippen LogP contribution in [0.1, 0.15) is 102 Å². The number of piperazine rings is 1. The van der Waals surface area contributed by atoms with Gasteiger partial charge in [0.05, 0.1) is 33.6 Å². The first-order chi connectivity index (χ1) is 37.1. The molecule has 5 atom stereocenters. The predicted octanol–water partition coefficient (Wildman–Crippen LogP) is 7.15. The fraction of sp³-hybridized carbons (Fsp3) is 0.508. The van der Waals surface area contributed by atoms with Crippen molar-refractivity contribution in [3.63, 3.8) is 0 Å². The number of aromatic hydroxyl groups is 1. The molecule has 18 heteroatoms. The SMILES string of the molecule is Cc1ncsc1-c1ccc(CNC(=O)[C@@H]2C[C@@H](O)CN2C(=O)[C@@H](NC(=O)CCCCCCCC(=O)N2CCN(Cc3cccc(N4CC5CCC4CN(c4cc(-c6ccccc6O)nnc4N)C5)c3)CC2)C(C)(C)C)cc1. The quantitative estimate of drug-likeness (QED) is 0.0521. The van der Waals surface area contributed by atoms with E-state index in [0.29, 0.717) is 55.0 Å². The van der Waals surface area contributed by atoms with Gasteiger partial charge in [-0.25, -0.2) is 4.98 Å². The molecule has 0 spiro atoms. The molecule has 0 radical (unpaired) electrons. The number of benzene rings is 3. The first kappa shape index (κ1) is 55.1. The molecule has 10 rings (SSSR count). The maximum absolute atomic E-state index is 14.1. The van der Waals surface area contributed by atoms with E-state index in [0.717, 1.165) is 105 Å². The second-order valence-corrected chi connectivity index (χ2v) is 23.6. The molecule has 2 bridgehead atoms. The number of piperidine rings is 1. The number of amides is 4. The maximum atomic E-state index is 14.1. The fourth-order valence-electron chi connectivity index (χ4n) is 11.6. The van der Waals surface area contributed by atoms with Gasteiger partial charge in [0.1, 0.15) is 17.8 Å². The summed E-state index contributed by atoms with van der Waals surface area (Å²) in [7, 11) is 0. The topological polar surface area (TPSA) is 214 Å². The molecule has 5 fully saturated rings. The van der Waals surface area contributed by atoms with Gasteiger partial charge in [0, 0.05) is 102 Å². The van der Waals surface area contributed by atoms with Crippen LogP contribution in [-0.4, -0.2) is 140 Å². The Morgan fingerprint density at radius 1 is 0.831 bits per heavy atom. The van der Waals surface area contributed by atoms with Crippen molar-refractivity contribution in [1.29, 1.82) is 0 Å². The van der Waals surface area contributed by atoms with Gasteiger partial charge >= 0.3 is 0 Å². The summed E-state index contributed by atoms with van der Waals surface area (Å²) in [6.07, 6.45) is 6.43. The number of aryl methyl sites for hydroxylation is 1. The number of phenolic OH excluding ortho intramolecular Hbond substituents is 1. The van der Waals surface area contributed by atoms with E-state index in [2.05, 4.69) is 64.8 Å². The number of nitrogens with one attached hydrogen (secondary N) is 2. The number of carbonyl (C=O) groups is 4. The van der Waals surface area contributed by atoms with Crippen molar-refractivity contribution in [1.82, 2.24) is 40.5 Å². The van der Waals surface area contributed by atoms with Crippen LogP contribution < -0.4 is 26.2 Å². The van der Waals surface area contributed by atoms with Gasteiger partial charge in [0.2, 0.25) is 23.6 Å². The molecule has 4 amide bonds. The van der Waals surface area contributed by atoms with E-state index in [-0.39, 0.29) is 55.3 Å². The summed E-state index contributed by atoms with van der Waals surface area (Å²) in [4.78, 5) is 70.4. The van der Waals surface area contributed by atoms with E-state index in [1.165, 1.54) is 16.2 Å². The van der Waals surface area contributed by atoms with Gasteiger partial charge in [-0.15, -0.1) is 21.5 Å². The van der Waals surface area contributed by atoms with Crippen LogP contribution in [-0.2, 0) is 32.3 Å². The number of phenols is 1. The molecule has 3 aromatic carbocycles. The van der Waals surface area contributed by atoms with Crippen LogP contribution >= 0.6 is 11.3 Å². The largest absolute Gasteiger partial charge is 0.507 e. The van der Waals surface area contributed by atoms with E-state index >= 15 is 0 Å². The summed E-state index contributed by atoms with van der Waals surface area (Å²) in [5.74, 6) is 0.295. The van der Waals surface area contributed by atoms with E-state index in [1.54, 1.807) is 23.5 Å². The molecule has 6 N–H and O–H groups in total. The lowest BCUT2D eigenvalue weighted by Gasteiger charge is -2.38. The highest BCUT2D eigenvalue weighted by Gasteiger charge is 2.44. The van der Waals surface area contributed by atoms with Crippen molar-refractivity contribution in [2.45, 2.75) is 129 Å². The normalized spacial score (nSPS) is 20.3. The van der Waals surface area contributed by atoms with Crippen LogP contribution in [0.5, 0.6) is 5.75 Å². The Kier molecular flexibility index (Phi) is 17.8. The molecule has 77 heavy (non-hydrogen) atoms. The number of likely N-dealkylation sites (tertiary alicyclic amines) is 1. The number of carbonyl (C=O) groups excluding carboxylic acids is 4. The van der Waals surface area contributed by atoms with Gasteiger partial charge in [0.15, 0.2) is 5.82 Å². The minimum absolute atomic E-state index is 0.0221. The van der Waals surface area contributed by atoms with Crippen molar-refractivity contribution in [2.75, 3.05) is 67.9 Å². The highest BCUT2D eigenvalue weighted by atomic mass is 32.1. The predicted molar refractivity (Wildman–Crippen MR) is 302 cm³/mol. The minimum Gasteiger partial charge on any atom is -0.507 e. The number of nitrogen functional groups attached to an aromatic ring is 1. The Morgan fingerprint density at radius 2 is 1.58 bits per heavy atom. The standard InChI is InChI=1S/C59H77N11O6S/c1-39-54(77-38-62-39)43-22-19-40(20-23-43)32-61-57(75)50-30-46(71)37-70(50)58(76)55(59(2,3)4)63-52(73)17-8-6-5-7-9-18-53(74)67-27-25-66(26-28-67)33-41-13-12-14-44(29-41)69-35-42-21-24-45(69)36-68(34-42)49-31-48(64-65-56(49)60)47-15-10-11-16-51(47)72/h10-16,19-20,22-23,29,31,38,42,45-46,50,55,71-72H,5-9,17-18,21,24-28,30,32-37H2,1-4H3,(H2,60,65)(H,61,75)(H,63,73)/t42?,45?,46-,50+,55-/m1/s1. The van der Waals surface area contributed by atoms with Crippen molar-refractivity contribution in [3.8, 4) is 27.4 Å². The minimum atomic E-state index is -0.872. The lowest BCUT2D eigenvalue weighted by Crippen LogP contribution is -2.57. The molecule has 5 aliphatic rings. The number of hydrogen-bond acceptors (Lipinski definition) is 14. The van der Waals surface area contributed by atoms with Crippen LogP contribution in [0.3, 0.4) is 0 Å². The fourth-order valence-corrected chi connectivity index (χ4v) is 12.4. The summed E-state index contributed by atoms with van der Waals surface area (Å²) in [6.45, 7) is 14.5. The van der Waals surface area contributed by atoms with E-state index in [9.17, 15) is 29.4 Å². The lowest BCUT2D eigenvalue weighted by atomic mass is 9.85. The van der Waals surface area contributed by atoms with E-state index in [4.69, 9.17) is 5.73 Å². The third-order valence-corrected chi connectivity index (χ3v) is 16.9.